The van der Waals surface area contributed by atoms with Gasteiger partial charge in [0.15, 0.2) is 5.78 Å². The maximum atomic E-state index is 12.4. The van der Waals surface area contributed by atoms with Crippen molar-refractivity contribution in [1.29, 1.82) is 0 Å². The van der Waals surface area contributed by atoms with Crippen molar-refractivity contribution in [3.8, 4) is 0 Å². The Kier molecular flexibility index (Phi) is 9.23. The molecule has 0 unspecified atom stereocenters. The first-order valence-electron chi connectivity index (χ1n) is 11.3. The van der Waals surface area contributed by atoms with E-state index in [1.807, 2.05) is 6.07 Å². The first-order chi connectivity index (χ1) is 17.0. The van der Waals surface area contributed by atoms with E-state index in [9.17, 15) is 24.0 Å². The lowest BCUT2D eigenvalue weighted by molar-refractivity contribution is -0.129. The molecule has 0 saturated carbocycles. The molecular formula is C25H27N5O5. The van der Waals surface area contributed by atoms with Crippen LogP contribution in [0.2, 0.25) is 0 Å². The van der Waals surface area contributed by atoms with Crippen molar-refractivity contribution >= 4 is 40.6 Å². The third-order valence-electron chi connectivity index (χ3n) is 5.32. The molecule has 0 radical (unpaired) electrons. The number of carbonyl (C=O) groups is 4. The van der Waals surface area contributed by atoms with Crippen molar-refractivity contribution < 1.29 is 19.2 Å². The molecule has 3 aromatic rings. The number of aromatic nitrogens is 2. The zero-order valence-corrected chi connectivity index (χ0v) is 19.2. The van der Waals surface area contributed by atoms with E-state index in [0.717, 1.165) is 0 Å². The lowest BCUT2D eigenvalue weighted by Crippen LogP contribution is -2.33. The van der Waals surface area contributed by atoms with E-state index in [4.69, 9.17) is 0 Å². The zero-order chi connectivity index (χ0) is 25.0. The molecule has 0 bridgehead atoms. The zero-order valence-electron chi connectivity index (χ0n) is 19.2. The molecule has 10 heteroatoms. The number of para-hydroxylation sites is 2. The molecule has 1 heterocycles. The Labute approximate surface area is 201 Å². The van der Waals surface area contributed by atoms with Crippen LogP contribution >= 0.6 is 0 Å². The minimum atomic E-state index is -0.483. The molecule has 0 fully saturated rings. The molecular weight excluding hydrogens is 450 g/mol. The number of anilines is 1. The van der Waals surface area contributed by atoms with Crippen molar-refractivity contribution in [3.63, 3.8) is 0 Å². The number of benzene rings is 2. The molecule has 35 heavy (non-hydrogen) atoms. The molecule has 1 aromatic heterocycles. The fraction of sp³-hybridized carbons (Fsp3) is 0.280. The fourth-order valence-corrected chi connectivity index (χ4v) is 3.54. The molecule has 0 aliphatic carbocycles. The molecule has 182 valence electrons. The Hall–Kier alpha value is -4.34. The average Bonchev–Trinajstić information content (AvgIpc) is 2.85. The second-order valence-electron chi connectivity index (χ2n) is 7.83. The number of hydrogen-bond acceptors (Lipinski definition) is 6. The minimum absolute atomic E-state index is 0.0356. The molecule has 3 rings (SSSR count). The predicted octanol–water partition coefficient (Wildman–Crippen LogP) is 1.64. The predicted molar refractivity (Wildman–Crippen MR) is 131 cm³/mol. The van der Waals surface area contributed by atoms with Gasteiger partial charge < -0.3 is 16.0 Å². The first-order valence-corrected chi connectivity index (χ1v) is 11.3. The van der Waals surface area contributed by atoms with Gasteiger partial charge in [0.25, 0.3) is 5.56 Å². The molecule has 0 saturated heterocycles. The Morgan fingerprint density at radius 2 is 1.63 bits per heavy atom. The fourth-order valence-electron chi connectivity index (χ4n) is 3.54. The van der Waals surface area contributed by atoms with E-state index < -0.39 is 11.8 Å². The number of nitrogens with one attached hydrogen (secondary N) is 3. The highest BCUT2D eigenvalue weighted by Crippen LogP contribution is 2.16. The van der Waals surface area contributed by atoms with Crippen LogP contribution in [0.15, 0.2) is 59.7 Å². The van der Waals surface area contributed by atoms with Gasteiger partial charge in [-0.3, -0.25) is 28.5 Å². The van der Waals surface area contributed by atoms with Gasteiger partial charge in [0.05, 0.1) is 22.9 Å². The Morgan fingerprint density at radius 1 is 0.914 bits per heavy atom. The largest absolute Gasteiger partial charge is 0.356 e. The number of ketones is 1. The lowest BCUT2D eigenvalue weighted by atomic mass is 10.1. The second kappa shape index (κ2) is 12.8. The first kappa shape index (κ1) is 25.3. The van der Waals surface area contributed by atoms with Crippen LogP contribution in [-0.2, 0) is 20.9 Å². The van der Waals surface area contributed by atoms with Gasteiger partial charge >= 0.3 is 0 Å². The van der Waals surface area contributed by atoms with Crippen molar-refractivity contribution in [3.05, 3.63) is 70.8 Å². The maximum absolute atomic E-state index is 12.4. The van der Waals surface area contributed by atoms with Gasteiger partial charge in [0.2, 0.25) is 18.2 Å². The van der Waals surface area contributed by atoms with E-state index in [0.29, 0.717) is 54.5 Å². The molecule has 0 aliphatic heterocycles. The van der Waals surface area contributed by atoms with E-state index in [-0.39, 0.29) is 30.7 Å². The third kappa shape index (κ3) is 7.32. The van der Waals surface area contributed by atoms with Crippen LogP contribution in [-0.4, -0.2) is 46.6 Å². The highest BCUT2D eigenvalue weighted by Gasteiger charge is 2.13. The summed E-state index contributed by atoms with van der Waals surface area (Å²) in [6, 6.07) is 13.7. The van der Waals surface area contributed by atoms with Gasteiger partial charge in [0.1, 0.15) is 6.42 Å². The van der Waals surface area contributed by atoms with Crippen molar-refractivity contribution in [2.75, 3.05) is 18.4 Å². The molecule has 2 aromatic carbocycles. The topological polar surface area (TPSA) is 139 Å². The lowest BCUT2D eigenvalue weighted by Gasteiger charge is -2.09. The molecule has 10 nitrogen and oxygen atoms in total. The van der Waals surface area contributed by atoms with Gasteiger partial charge in [-0.05, 0) is 37.1 Å². The second-order valence-corrected chi connectivity index (χ2v) is 7.83. The highest BCUT2D eigenvalue weighted by atomic mass is 16.2. The molecule has 0 atom stereocenters. The SMILES string of the molecule is O=CNc1ccccc1C(=O)CCNC(=O)CC(=O)NCCCCn1cnc2ccccc2c1=O. The summed E-state index contributed by atoms with van der Waals surface area (Å²) >= 11 is 0. The van der Waals surface area contributed by atoms with Gasteiger partial charge in [-0.2, -0.15) is 0 Å². The summed E-state index contributed by atoms with van der Waals surface area (Å²) in [5, 5.41) is 8.27. The normalized spacial score (nSPS) is 10.5. The maximum Gasteiger partial charge on any atom is 0.261 e. The summed E-state index contributed by atoms with van der Waals surface area (Å²) in [4.78, 5) is 63.7. The van der Waals surface area contributed by atoms with Gasteiger partial charge in [-0.25, -0.2) is 4.98 Å². The van der Waals surface area contributed by atoms with E-state index in [2.05, 4.69) is 20.9 Å². The number of fused-ring (bicyclic) bond motifs is 1. The number of nitrogens with zero attached hydrogens (tertiary/aromatic N) is 2. The number of aryl methyl sites for hydroxylation is 1. The summed E-state index contributed by atoms with van der Waals surface area (Å²) < 4.78 is 1.55. The van der Waals surface area contributed by atoms with Crippen LogP contribution in [0.1, 0.15) is 36.0 Å². The van der Waals surface area contributed by atoms with Crippen LogP contribution in [0.25, 0.3) is 10.9 Å². The van der Waals surface area contributed by atoms with Crippen molar-refractivity contribution in [2.24, 2.45) is 0 Å². The minimum Gasteiger partial charge on any atom is -0.356 e. The number of carbonyl (C=O) groups excluding carboxylic acids is 4. The summed E-state index contributed by atoms with van der Waals surface area (Å²) in [5.74, 6) is -1.14. The number of rotatable bonds is 13. The summed E-state index contributed by atoms with van der Waals surface area (Å²) in [6.07, 6.45) is 3.01. The number of hydrogen-bond donors (Lipinski definition) is 3. The van der Waals surface area contributed by atoms with Crippen LogP contribution in [0.5, 0.6) is 0 Å². The molecule has 3 amide bonds. The number of Topliss-reactive ketones (excluding diaryl/α,β-unsaturated/α-hetero) is 1. The smallest absolute Gasteiger partial charge is 0.261 e. The number of amides is 3. The third-order valence-corrected chi connectivity index (χ3v) is 5.32. The van der Waals surface area contributed by atoms with Crippen LogP contribution < -0.4 is 21.5 Å². The Bertz CT molecular complexity index is 1270. The molecule has 0 spiro atoms. The van der Waals surface area contributed by atoms with Crippen molar-refractivity contribution in [1.82, 2.24) is 20.2 Å². The Balaban J connectivity index is 1.32. The highest BCUT2D eigenvalue weighted by molar-refractivity contribution is 6.03. The molecule has 0 aliphatic rings. The average molecular weight is 478 g/mol. The molecule has 3 N–H and O–H groups in total. The number of unbranched alkanes of at least 4 members (excludes halogenated alkanes) is 1. The van der Waals surface area contributed by atoms with Gasteiger partial charge in [-0.1, -0.05) is 24.3 Å². The quantitative estimate of drug-likeness (QED) is 0.148. The summed E-state index contributed by atoms with van der Waals surface area (Å²) in [7, 11) is 0. The summed E-state index contributed by atoms with van der Waals surface area (Å²) in [5.41, 5.74) is 1.31. The van der Waals surface area contributed by atoms with Gasteiger partial charge in [0, 0.05) is 31.6 Å². The summed E-state index contributed by atoms with van der Waals surface area (Å²) in [6.45, 7) is 0.933. The van der Waals surface area contributed by atoms with E-state index >= 15 is 0 Å². The van der Waals surface area contributed by atoms with E-state index in [1.165, 1.54) is 6.33 Å². The standard InChI is InChI=1S/C25H27N5O5/c31-17-29-20-9-3-1-7-18(20)22(32)11-13-27-24(34)15-23(33)26-12-5-6-14-30-16-28-21-10-4-2-8-19(21)25(30)35/h1-4,7-10,16-17H,5-6,11-15H2,(H,26,33)(H,27,34)(H,29,31). The monoisotopic (exact) mass is 477 g/mol. The van der Waals surface area contributed by atoms with Crippen molar-refractivity contribution in [2.45, 2.75) is 32.2 Å². The van der Waals surface area contributed by atoms with Gasteiger partial charge in [-0.15, -0.1) is 0 Å². The Morgan fingerprint density at radius 3 is 2.43 bits per heavy atom. The van der Waals surface area contributed by atoms with E-state index in [1.54, 1.807) is 47.0 Å². The van der Waals surface area contributed by atoms with Crippen LogP contribution in [0.3, 0.4) is 0 Å². The van der Waals surface area contributed by atoms with Crippen LogP contribution in [0.4, 0.5) is 5.69 Å². The van der Waals surface area contributed by atoms with Crippen LogP contribution in [0, 0.1) is 0 Å².